The summed E-state index contributed by atoms with van der Waals surface area (Å²) in [5, 5.41) is 6.82. The van der Waals surface area contributed by atoms with Crippen molar-refractivity contribution >= 4 is 21.7 Å². The molecule has 2 saturated heterocycles. The SMILES string of the molecule is CN=C(NCC1CCN(S(C)(=O)=O)C1)NC(C)c1cccc(N2CCCC2)c1. The molecule has 2 aliphatic rings. The normalized spacial score (nSPS) is 22.5. The minimum absolute atomic E-state index is 0.129. The van der Waals surface area contributed by atoms with E-state index in [-0.39, 0.29) is 6.04 Å². The molecule has 2 fully saturated rings. The van der Waals surface area contributed by atoms with Crippen LogP contribution in [0.2, 0.25) is 0 Å². The van der Waals surface area contributed by atoms with Gasteiger partial charge in [0.25, 0.3) is 0 Å². The molecule has 2 atom stereocenters. The molecule has 0 aromatic heterocycles. The molecule has 8 heteroatoms. The van der Waals surface area contributed by atoms with E-state index in [1.165, 1.54) is 30.3 Å². The zero-order valence-electron chi connectivity index (χ0n) is 17.2. The van der Waals surface area contributed by atoms with Crippen molar-refractivity contribution in [2.45, 2.75) is 32.2 Å². The van der Waals surface area contributed by atoms with Crippen molar-refractivity contribution in [3.63, 3.8) is 0 Å². The van der Waals surface area contributed by atoms with Crippen LogP contribution in [-0.4, -0.2) is 64.7 Å². The van der Waals surface area contributed by atoms with Crippen molar-refractivity contribution in [3.8, 4) is 0 Å². The summed E-state index contributed by atoms with van der Waals surface area (Å²) in [5.41, 5.74) is 2.52. The molecule has 0 bridgehead atoms. The van der Waals surface area contributed by atoms with Gasteiger partial charge in [-0.3, -0.25) is 4.99 Å². The van der Waals surface area contributed by atoms with Gasteiger partial charge in [-0.1, -0.05) is 12.1 Å². The fourth-order valence-corrected chi connectivity index (χ4v) is 4.87. The minimum Gasteiger partial charge on any atom is -0.372 e. The quantitative estimate of drug-likeness (QED) is 0.555. The summed E-state index contributed by atoms with van der Waals surface area (Å²) >= 11 is 0. The highest BCUT2D eigenvalue weighted by Gasteiger charge is 2.28. The summed E-state index contributed by atoms with van der Waals surface area (Å²) in [5.74, 6) is 1.05. The van der Waals surface area contributed by atoms with Gasteiger partial charge in [-0.25, -0.2) is 12.7 Å². The predicted octanol–water partition coefficient (Wildman–Crippen LogP) is 1.79. The van der Waals surface area contributed by atoms with Crippen LogP contribution in [0.25, 0.3) is 0 Å². The lowest BCUT2D eigenvalue weighted by Gasteiger charge is -2.22. The average molecular weight is 408 g/mol. The van der Waals surface area contributed by atoms with Crippen molar-refractivity contribution in [1.29, 1.82) is 0 Å². The van der Waals surface area contributed by atoms with Gasteiger partial charge in [-0.05, 0) is 49.8 Å². The molecule has 1 aromatic rings. The van der Waals surface area contributed by atoms with Crippen molar-refractivity contribution in [1.82, 2.24) is 14.9 Å². The number of nitrogens with one attached hydrogen (secondary N) is 2. The standard InChI is InChI=1S/C20H33N5O2S/c1-16(18-7-6-8-19(13-18)24-10-4-5-11-24)23-20(21-2)22-14-17-9-12-25(15-17)28(3,26)27/h6-8,13,16-17H,4-5,9-12,14-15H2,1-3H3,(H2,21,22,23). The summed E-state index contributed by atoms with van der Waals surface area (Å²) in [6.07, 6.45) is 4.70. The van der Waals surface area contributed by atoms with Crippen LogP contribution in [-0.2, 0) is 10.0 Å². The number of rotatable bonds is 6. The molecule has 0 spiro atoms. The van der Waals surface area contributed by atoms with Crippen LogP contribution in [0.3, 0.4) is 0 Å². The summed E-state index contributed by atoms with van der Waals surface area (Å²) < 4.78 is 24.9. The summed E-state index contributed by atoms with van der Waals surface area (Å²) in [4.78, 5) is 6.78. The third-order valence-electron chi connectivity index (χ3n) is 5.69. The zero-order valence-corrected chi connectivity index (χ0v) is 18.0. The number of guanidine groups is 1. The Morgan fingerprint density at radius 3 is 2.68 bits per heavy atom. The molecule has 2 N–H and O–H groups in total. The minimum atomic E-state index is -3.09. The maximum atomic E-state index is 11.7. The molecule has 2 heterocycles. The molecular formula is C20H33N5O2S. The molecule has 0 saturated carbocycles. The topological polar surface area (TPSA) is 77.0 Å². The predicted molar refractivity (Wildman–Crippen MR) is 115 cm³/mol. The zero-order chi connectivity index (χ0) is 20.1. The Bertz CT molecular complexity index is 790. The first-order valence-electron chi connectivity index (χ1n) is 10.1. The molecule has 1 aromatic carbocycles. The molecule has 2 unspecified atom stereocenters. The number of aliphatic imine (C=N–C) groups is 1. The van der Waals surface area contributed by atoms with Gasteiger partial charge < -0.3 is 15.5 Å². The molecule has 3 rings (SSSR count). The van der Waals surface area contributed by atoms with Gasteiger partial charge in [-0.2, -0.15) is 0 Å². The van der Waals surface area contributed by atoms with Crippen LogP contribution in [0.5, 0.6) is 0 Å². The molecule has 0 aliphatic carbocycles. The molecule has 156 valence electrons. The lowest BCUT2D eigenvalue weighted by Crippen LogP contribution is -2.41. The second-order valence-electron chi connectivity index (χ2n) is 7.88. The Kier molecular flexibility index (Phi) is 6.82. The first-order valence-corrected chi connectivity index (χ1v) is 12.0. The van der Waals surface area contributed by atoms with Gasteiger partial charge in [0.1, 0.15) is 0 Å². The fraction of sp³-hybridized carbons (Fsp3) is 0.650. The second-order valence-corrected chi connectivity index (χ2v) is 9.87. The molecule has 0 radical (unpaired) electrons. The number of benzene rings is 1. The number of nitrogens with zero attached hydrogens (tertiary/aromatic N) is 3. The van der Waals surface area contributed by atoms with E-state index in [0.717, 1.165) is 25.5 Å². The maximum absolute atomic E-state index is 11.7. The van der Waals surface area contributed by atoms with Crippen molar-refractivity contribution in [2.75, 3.05) is 50.9 Å². The van der Waals surface area contributed by atoms with Gasteiger partial charge in [0, 0.05) is 45.5 Å². The van der Waals surface area contributed by atoms with E-state index in [4.69, 9.17) is 0 Å². The first-order chi connectivity index (χ1) is 13.4. The molecule has 28 heavy (non-hydrogen) atoms. The number of sulfonamides is 1. The largest absolute Gasteiger partial charge is 0.372 e. The van der Waals surface area contributed by atoms with E-state index in [2.05, 4.69) is 51.7 Å². The number of hydrogen-bond donors (Lipinski definition) is 2. The fourth-order valence-electron chi connectivity index (χ4n) is 3.96. The van der Waals surface area contributed by atoms with Gasteiger partial charge in [0.2, 0.25) is 10.0 Å². The van der Waals surface area contributed by atoms with Crippen LogP contribution in [0.15, 0.2) is 29.3 Å². The van der Waals surface area contributed by atoms with Crippen LogP contribution in [0.4, 0.5) is 5.69 Å². The summed E-state index contributed by atoms with van der Waals surface area (Å²) in [6, 6.07) is 8.84. The van der Waals surface area contributed by atoms with Crippen molar-refractivity contribution in [2.24, 2.45) is 10.9 Å². The van der Waals surface area contributed by atoms with Crippen LogP contribution < -0.4 is 15.5 Å². The molecule has 2 aliphatic heterocycles. The van der Waals surface area contributed by atoms with Crippen LogP contribution in [0.1, 0.15) is 37.8 Å². The highest BCUT2D eigenvalue weighted by Crippen LogP contribution is 2.24. The lowest BCUT2D eigenvalue weighted by atomic mass is 10.1. The van der Waals surface area contributed by atoms with Crippen LogP contribution >= 0.6 is 0 Å². The third kappa shape index (κ3) is 5.38. The Labute approximate surface area is 169 Å². The van der Waals surface area contributed by atoms with Crippen LogP contribution in [0, 0.1) is 5.92 Å². The Balaban J connectivity index is 1.53. The third-order valence-corrected chi connectivity index (χ3v) is 6.96. The summed E-state index contributed by atoms with van der Waals surface area (Å²) in [6.45, 7) is 6.32. The lowest BCUT2D eigenvalue weighted by molar-refractivity contribution is 0.458. The Hall–Kier alpha value is -1.80. The monoisotopic (exact) mass is 407 g/mol. The van der Waals surface area contributed by atoms with E-state index < -0.39 is 10.0 Å². The molecule has 7 nitrogen and oxygen atoms in total. The second kappa shape index (κ2) is 9.13. The van der Waals surface area contributed by atoms with E-state index in [1.54, 1.807) is 11.4 Å². The first kappa shape index (κ1) is 20.9. The summed E-state index contributed by atoms with van der Waals surface area (Å²) in [7, 11) is -1.33. The number of anilines is 1. The van der Waals surface area contributed by atoms with Gasteiger partial charge in [0.15, 0.2) is 5.96 Å². The average Bonchev–Trinajstić information content (AvgIpc) is 3.36. The van der Waals surface area contributed by atoms with E-state index in [0.29, 0.717) is 25.6 Å². The Morgan fingerprint density at radius 1 is 1.29 bits per heavy atom. The van der Waals surface area contributed by atoms with Crippen molar-refractivity contribution < 1.29 is 8.42 Å². The number of hydrogen-bond acceptors (Lipinski definition) is 4. The van der Waals surface area contributed by atoms with E-state index in [9.17, 15) is 8.42 Å². The van der Waals surface area contributed by atoms with Gasteiger partial charge in [0.05, 0.1) is 12.3 Å². The van der Waals surface area contributed by atoms with E-state index in [1.807, 2.05) is 0 Å². The highest BCUT2D eigenvalue weighted by molar-refractivity contribution is 7.88. The molecular weight excluding hydrogens is 374 g/mol. The maximum Gasteiger partial charge on any atom is 0.211 e. The smallest absolute Gasteiger partial charge is 0.211 e. The molecule has 0 amide bonds. The van der Waals surface area contributed by atoms with Gasteiger partial charge in [-0.15, -0.1) is 0 Å². The Morgan fingerprint density at radius 2 is 2.04 bits per heavy atom. The highest BCUT2D eigenvalue weighted by atomic mass is 32.2. The van der Waals surface area contributed by atoms with Gasteiger partial charge >= 0.3 is 0 Å². The van der Waals surface area contributed by atoms with Crippen molar-refractivity contribution in [3.05, 3.63) is 29.8 Å². The van der Waals surface area contributed by atoms with E-state index >= 15 is 0 Å².